The highest BCUT2D eigenvalue weighted by atomic mass is 35.5. The van der Waals surface area contributed by atoms with Gasteiger partial charge in [-0.3, -0.25) is 24.8 Å². The highest BCUT2D eigenvalue weighted by Crippen LogP contribution is 2.37. The molecule has 26 heavy (non-hydrogen) atoms. The number of hydrogen-bond acceptors (Lipinski definition) is 6. The zero-order valence-corrected chi connectivity index (χ0v) is 15.4. The fraction of sp³-hybridized carbons (Fsp3) is 0.118. The van der Waals surface area contributed by atoms with Crippen LogP contribution in [0.25, 0.3) is 5.57 Å². The van der Waals surface area contributed by atoms with E-state index in [4.69, 9.17) is 11.6 Å². The molecule has 1 aliphatic heterocycles. The van der Waals surface area contributed by atoms with E-state index >= 15 is 0 Å². The number of amides is 1. The van der Waals surface area contributed by atoms with Crippen molar-refractivity contribution in [2.75, 3.05) is 7.05 Å². The van der Waals surface area contributed by atoms with E-state index in [0.29, 0.717) is 20.8 Å². The molecule has 0 atom stereocenters. The third-order valence-corrected chi connectivity index (χ3v) is 5.32. The van der Waals surface area contributed by atoms with Crippen LogP contribution in [0.4, 0.5) is 11.4 Å². The largest absolute Gasteiger partial charge is 0.290 e. The van der Waals surface area contributed by atoms with Gasteiger partial charge in [0, 0.05) is 31.6 Å². The minimum absolute atomic E-state index is 0.00338. The van der Waals surface area contributed by atoms with Crippen LogP contribution in [0.5, 0.6) is 0 Å². The molecule has 0 radical (unpaired) electrons. The van der Waals surface area contributed by atoms with Gasteiger partial charge in [-0.2, -0.15) is 0 Å². The van der Waals surface area contributed by atoms with Crippen molar-refractivity contribution >= 4 is 51.4 Å². The molecule has 132 valence electrons. The molecule has 3 rings (SSSR count). The van der Waals surface area contributed by atoms with E-state index in [1.165, 1.54) is 35.0 Å². The Hall–Kier alpha value is -2.71. The number of nitro benzene ring substituents is 1. The second-order valence-electron chi connectivity index (χ2n) is 5.45. The fourth-order valence-electron chi connectivity index (χ4n) is 2.30. The number of halogens is 1. The van der Waals surface area contributed by atoms with Crippen LogP contribution < -0.4 is 0 Å². The summed E-state index contributed by atoms with van der Waals surface area (Å²) >= 11 is 7.31. The first-order valence-electron chi connectivity index (χ1n) is 7.48. The van der Waals surface area contributed by atoms with Gasteiger partial charge in [0.2, 0.25) is 0 Å². The molecule has 0 unspecified atom stereocenters. The summed E-state index contributed by atoms with van der Waals surface area (Å²) < 4.78 is 0. The van der Waals surface area contributed by atoms with Crippen LogP contribution >= 0.6 is 23.4 Å². The Morgan fingerprint density at radius 2 is 2.00 bits per heavy atom. The normalized spacial score (nSPS) is 17.7. The average molecular weight is 389 g/mol. The number of nitrogens with zero attached hydrogens (tertiary/aromatic N) is 4. The van der Waals surface area contributed by atoms with Crippen molar-refractivity contribution in [2.24, 2.45) is 4.99 Å². The number of aromatic nitrogens is 1. The number of hydrogen-bond donors (Lipinski definition) is 0. The van der Waals surface area contributed by atoms with Gasteiger partial charge in [-0.1, -0.05) is 11.6 Å². The molecule has 1 aromatic heterocycles. The lowest BCUT2D eigenvalue weighted by Crippen LogP contribution is -2.23. The van der Waals surface area contributed by atoms with Gasteiger partial charge in [0.15, 0.2) is 5.17 Å². The Labute approximate surface area is 158 Å². The van der Waals surface area contributed by atoms with E-state index in [2.05, 4.69) is 9.98 Å². The lowest BCUT2D eigenvalue weighted by Gasteiger charge is -2.07. The fourth-order valence-corrected chi connectivity index (χ4v) is 3.51. The summed E-state index contributed by atoms with van der Waals surface area (Å²) in [5.41, 5.74) is 2.00. The van der Waals surface area contributed by atoms with Crippen molar-refractivity contribution in [3.05, 3.63) is 68.3 Å². The molecule has 9 heteroatoms. The van der Waals surface area contributed by atoms with E-state index in [1.54, 1.807) is 38.4 Å². The molecule has 2 heterocycles. The molecular weight excluding hydrogens is 376 g/mol. The average Bonchev–Trinajstić information content (AvgIpc) is 2.91. The molecule has 1 fully saturated rings. The van der Waals surface area contributed by atoms with Crippen molar-refractivity contribution in [1.82, 2.24) is 9.88 Å². The van der Waals surface area contributed by atoms with Gasteiger partial charge in [-0.25, -0.2) is 4.99 Å². The molecule has 1 saturated heterocycles. The first-order chi connectivity index (χ1) is 12.4. The summed E-state index contributed by atoms with van der Waals surface area (Å²) in [6.45, 7) is 1.80. The zero-order chi connectivity index (χ0) is 18.8. The number of benzene rings is 1. The van der Waals surface area contributed by atoms with Gasteiger partial charge in [-0.05, 0) is 48.0 Å². The molecule has 1 aromatic carbocycles. The lowest BCUT2D eigenvalue weighted by molar-refractivity contribution is -0.384. The maximum absolute atomic E-state index is 12.6. The predicted octanol–water partition coefficient (Wildman–Crippen LogP) is 4.27. The topological polar surface area (TPSA) is 88.7 Å². The highest BCUT2D eigenvalue weighted by Gasteiger charge is 2.32. The molecular formula is C17H13ClN4O3S. The van der Waals surface area contributed by atoms with Gasteiger partial charge in [0.05, 0.1) is 20.5 Å². The number of amidine groups is 1. The molecule has 0 N–H and O–H groups in total. The maximum Gasteiger partial charge on any atom is 0.269 e. The van der Waals surface area contributed by atoms with E-state index in [0.717, 1.165) is 11.1 Å². The van der Waals surface area contributed by atoms with Gasteiger partial charge in [0.25, 0.3) is 11.6 Å². The SMILES string of the molecule is C/C(=C1/SC(=Nc2ccncc2Cl)N(C)C1=O)c1ccc([N+](=O)[O-])cc1. The van der Waals surface area contributed by atoms with E-state index in [-0.39, 0.29) is 11.6 Å². The summed E-state index contributed by atoms with van der Waals surface area (Å²) in [7, 11) is 1.64. The van der Waals surface area contributed by atoms with Crippen LogP contribution in [-0.4, -0.2) is 32.9 Å². The molecule has 0 spiro atoms. The van der Waals surface area contributed by atoms with Crippen molar-refractivity contribution in [3.63, 3.8) is 0 Å². The van der Waals surface area contributed by atoms with Crippen molar-refractivity contribution in [3.8, 4) is 0 Å². The predicted molar refractivity (Wildman–Crippen MR) is 102 cm³/mol. The summed E-state index contributed by atoms with van der Waals surface area (Å²) in [5.74, 6) is -0.185. The summed E-state index contributed by atoms with van der Waals surface area (Å²) in [6.07, 6.45) is 3.06. The van der Waals surface area contributed by atoms with E-state index in [1.807, 2.05) is 0 Å². The second-order valence-corrected chi connectivity index (χ2v) is 6.83. The summed E-state index contributed by atoms with van der Waals surface area (Å²) in [4.78, 5) is 33.2. The minimum atomic E-state index is -0.460. The van der Waals surface area contributed by atoms with Gasteiger partial charge >= 0.3 is 0 Å². The Morgan fingerprint density at radius 1 is 1.31 bits per heavy atom. The number of nitro groups is 1. The third kappa shape index (κ3) is 3.47. The number of allylic oxidation sites excluding steroid dienone is 1. The summed E-state index contributed by atoms with van der Waals surface area (Å²) in [5, 5.41) is 11.7. The van der Waals surface area contributed by atoms with Crippen LogP contribution in [0.3, 0.4) is 0 Å². The Bertz CT molecular complexity index is 957. The molecule has 1 aliphatic rings. The number of thioether (sulfide) groups is 1. The lowest BCUT2D eigenvalue weighted by atomic mass is 10.1. The number of rotatable bonds is 3. The number of aliphatic imine (C=N–C) groups is 1. The highest BCUT2D eigenvalue weighted by molar-refractivity contribution is 8.18. The van der Waals surface area contributed by atoms with E-state index in [9.17, 15) is 14.9 Å². The van der Waals surface area contributed by atoms with Crippen molar-refractivity contribution in [2.45, 2.75) is 6.92 Å². The Balaban J connectivity index is 1.96. The van der Waals surface area contributed by atoms with Crippen LogP contribution in [0.2, 0.25) is 5.02 Å². The van der Waals surface area contributed by atoms with Crippen molar-refractivity contribution in [1.29, 1.82) is 0 Å². The Kier molecular flexibility index (Phi) is 5.06. The third-order valence-electron chi connectivity index (χ3n) is 3.80. The number of likely N-dealkylation sites (N-methyl/N-ethyl adjacent to an activating group) is 1. The second kappa shape index (κ2) is 7.27. The van der Waals surface area contributed by atoms with Crippen LogP contribution in [-0.2, 0) is 4.79 Å². The summed E-state index contributed by atoms with van der Waals surface area (Å²) in [6, 6.07) is 7.75. The zero-order valence-electron chi connectivity index (χ0n) is 13.8. The maximum atomic E-state index is 12.6. The molecule has 0 bridgehead atoms. The number of pyridine rings is 1. The number of non-ortho nitro benzene ring substituents is 1. The van der Waals surface area contributed by atoms with Crippen LogP contribution in [0.1, 0.15) is 12.5 Å². The smallest absolute Gasteiger partial charge is 0.269 e. The van der Waals surface area contributed by atoms with Crippen LogP contribution in [0.15, 0.2) is 52.6 Å². The Morgan fingerprint density at radius 3 is 2.62 bits per heavy atom. The van der Waals surface area contributed by atoms with Crippen molar-refractivity contribution < 1.29 is 9.72 Å². The number of carbonyl (C=O) groups is 1. The molecule has 2 aromatic rings. The first kappa shape index (κ1) is 18.1. The van der Waals surface area contributed by atoms with Gasteiger partial charge < -0.3 is 0 Å². The standard InChI is InChI=1S/C17H13ClN4O3S/c1-10(11-3-5-12(6-4-11)22(24)25)15-16(23)21(2)17(26-15)20-14-7-8-19-9-13(14)18/h3-9H,1-2H3/b15-10-,20-17?. The minimum Gasteiger partial charge on any atom is -0.290 e. The molecule has 1 amide bonds. The molecule has 7 nitrogen and oxygen atoms in total. The first-order valence-corrected chi connectivity index (χ1v) is 8.67. The number of carbonyl (C=O) groups excluding carboxylic acids is 1. The van der Waals surface area contributed by atoms with Gasteiger partial charge in [0.1, 0.15) is 0 Å². The quantitative estimate of drug-likeness (QED) is 0.445. The molecule has 0 aliphatic carbocycles. The van der Waals surface area contributed by atoms with E-state index < -0.39 is 4.92 Å². The monoisotopic (exact) mass is 388 g/mol. The van der Waals surface area contributed by atoms with Crippen LogP contribution in [0, 0.1) is 10.1 Å². The molecule has 0 saturated carbocycles. The van der Waals surface area contributed by atoms with Gasteiger partial charge in [-0.15, -0.1) is 0 Å².